The van der Waals surface area contributed by atoms with Crippen LogP contribution in [0.2, 0.25) is 0 Å². The Balaban J connectivity index is 1.37. The van der Waals surface area contributed by atoms with E-state index in [0.29, 0.717) is 22.5 Å². The summed E-state index contributed by atoms with van der Waals surface area (Å²) in [6.07, 6.45) is 7.39. The van der Waals surface area contributed by atoms with E-state index in [0.717, 1.165) is 63.2 Å². The zero-order valence-electron chi connectivity index (χ0n) is 20.9. The Morgan fingerprint density at radius 1 is 1.11 bits per heavy atom. The number of carbonyl (C=O) groups is 2. The van der Waals surface area contributed by atoms with Crippen LogP contribution in [0.1, 0.15) is 51.0 Å². The van der Waals surface area contributed by atoms with Crippen molar-refractivity contribution in [2.24, 2.45) is 0 Å². The lowest BCUT2D eigenvalue weighted by Gasteiger charge is -2.32. The van der Waals surface area contributed by atoms with Crippen LogP contribution in [0.5, 0.6) is 0 Å². The van der Waals surface area contributed by atoms with Crippen molar-refractivity contribution >= 4 is 28.7 Å². The minimum atomic E-state index is -0.678. The summed E-state index contributed by atoms with van der Waals surface area (Å²) >= 11 is 0. The minimum Gasteiger partial charge on any atom is -0.367 e. The summed E-state index contributed by atoms with van der Waals surface area (Å²) in [7, 11) is 0. The number of hydrogen-bond acceptors (Lipinski definition) is 4. The van der Waals surface area contributed by atoms with Crippen molar-refractivity contribution < 1.29 is 18.4 Å². The molecule has 37 heavy (non-hydrogen) atoms. The molecule has 3 heterocycles. The van der Waals surface area contributed by atoms with E-state index in [9.17, 15) is 18.4 Å². The Morgan fingerprint density at radius 3 is 2.68 bits per heavy atom. The second-order valence-corrected chi connectivity index (χ2v) is 9.97. The summed E-state index contributed by atoms with van der Waals surface area (Å²) in [6.45, 7) is 3.30. The molecule has 4 N–H and O–H groups in total. The lowest BCUT2D eigenvalue weighted by atomic mass is 9.91. The van der Waals surface area contributed by atoms with E-state index in [1.807, 2.05) is 17.0 Å². The van der Waals surface area contributed by atoms with Gasteiger partial charge in [-0.25, -0.2) is 18.6 Å². The zero-order chi connectivity index (χ0) is 25.9. The molecular formula is C27H32F2N6O2. The summed E-state index contributed by atoms with van der Waals surface area (Å²) < 4.78 is 28.4. The first-order valence-electron chi connectivity index (χ1n) is 12.9. The molecule has 2 aliphatic rings. The predicted molar refractivity (Wildman–Crippen MR) is 138 cm³/mol. The number of pyridine rings is 1. The Bertz CT molecular complexity index is 1300. The highest BCUT2D eigenvalue weighted by molar-refractivity contribution is 5.96. The van der Waals surface area contributed by atoms with E-state index in [2.05, 4.69) is 20.9 Å². The number of H-pyrrole nitrogens is 1. The molecule has 2 unspecified atom stereocenters. The van der Waals surface area contributed by atoms with Gasteiger partial charge >= 0.3 is 6.03 Å². The summed E-state index contributed by atoms with van der Waals surface area (Å²) in [5.41, 5.74) is 2.01. The van der Waals surface area contributed by atoms with Crippen LogP contribution in [0.3, 0.4) is 0 Å². The number of urea groups is 1. The number of benzene rings is 1. The van der Waals surface area contributed by atoms with Crippen LogP contribution < -0.4 is 16.0 Å². The van der Waals surface area contributed by atoms with Gasteiger partial charge in [0.15, 0.2) is 0 Å². The molecule has 2 aromatic heterocycles. The maximum atomic E-state index is 14.4. The number of fused-ring (bicyclic) bond motifs is 1. The van der Waals surface area contributed by atoms with Gasteiger partial charge in [0, 0.05) is 61.9 Å². The molecule has 0 radical (unpaired) electrons. The maximum absolute atomic E-state index is 14.4. The third kappa shape index (κ3) is 5.68. The average molecular weight is 511 g/mol. The number of nitrogens with one attached hydrogen (secondary N) is 4. The molecule has 1 aromatic carbocycles. The number of aromatic nitrogens is 2. The SMILES string of the molecule is CC(=O)NCc1ccc(NC2CCCC(NC(=O)N3CCCC3)C2)nc1-c1c[nH]c2c(F)cc(F)cc12. The highest BCUT2D eigenvalue weighted by Crippen LogP contribution is 2.33. The molecule has 1 aliphatic heterocycles. The van der Waals surface area contributed by atoms with Crippen molar-refractivity contribution in [3.63, 3.8) is 0 Å². The highest BCUT2D eigenvalue weighted by atomic mass is 19.1. The van der Waals surface area contributed by atoms with E-state index in [4.69, 9.17) is 4.98 Å². The van der Waals surface area contributed by atoms with Gasteiger partial charge in [0.1, 0.15) is 17.5 Å². The number of halogens is 2. The van der Waals surface area contributed by atoms with E-state index in [1.54, 1.807) is 6.20 Å². The summed E-state index contributed by atoms with van der Waals surface area (Å²) in [5, 5.41) is 9.85. The first-order valence-corrected chi connectivity index (χ1v) is 12.9. The lowest BCUT2D eigenvalue weighted by molar-refractivity contribution is -0.119. The van der Waals surface area contributed by atoms with E-state index in [-0.39, 0.29) is 36.1 Å². The molecule has 0 spiro atoms. The third-order valence-corrected chi connectivity index (χ3v) is 7.21. The molecule has 3 amide bonds. The second kappa shape index (κ2) is 10.7. The highest BCUT2D eigenvalue weighted by Gasteiger charge is 2.26. The fourth-order valence-corrected chi connectivity index (χ4v) is 5.36. The molecule has 196 valence electrons. The van der Waals surface area contributed by atoms with Gasteiger partial charge in [-0.15, -0.1) is 0 Å². The molecule has 3 aromatic rings. The van der Waals surface area contributed by atoms with E-state index >= 15 is 0 Å². The first kappa shape index (κ1) is 25.0. The Labute approximate surface area is 214 Å². The molecule has 10 heteroatoms. The zero-order valence-corrected chi connectivity index (χ0v) is 20.9. The lowest BCUT2D eigenvalue weighted by Crippen LogP contribution is -2.47. The Morgan fingerprint density at radius 2 is 1.89 bits per heavy atom. The summed E-state index contributed by atoms with van der Waals surface area (Å²) in [5.74, 6) is -0.909. The Kier molecular flexibility index (Phi) is 7.25. The smallest absolute Gasteiger partial charge is 0.317 e. The van der Waals surface area contributed by atoms with Crippen LogP contribution >= 0.6 is 0 Å². The van der Waals surface area contributed by atoms with Gasteiger partial charge in [-0.3, -0.25) is 4.79 Å². The first-order chi connectivity index (χ1) is 17.9. The molecule has 5 rings (SSSR count). The van der Waals surface area contributed by atoms with Crippen LogP contribution in [-0.2, 0) is 11.3 Å². The van der Waals surface area contributed by atoms with Crippen LogP contribution in [0.4, 0.5) is 19.4 Å². The molecule has 1 aliphatic carbocycles. The van der Waals surface area contributed by atoms with Crippen LogP contribution in [0.25, 0.3) is 22.2 Å². The van der Waals surface area contributed by atoms with Crippen LogP contribution in [0, 0.1) is 11.6 Å². The molecular weight excluding hydrogens is 478 g/mol. The number of hydrogen-bond donors (Lipinski definition) is 4. The molecule has 1 saturated carbocycles. The van der Waals surface area contributed by atoms with Crippen LogP contribution in [0.15, 0.2) is 30.5 Å². The van der Waals surface area contributed by atoms with Gasteiger partial charge in [0.2, 0.25) is 5.91 Å². The minimum absolute atomic E-state index is 0.0182. The standard InChI is InChI=1S/C27H32F2N6O2/c1-16(36)30-14-17-7-8-24(34-25(17)22-15-31-26-21(22)11-18(28)12-23(26)29)32-19-5-4-6-20(13-19)33-27(37)35-9-2-3-10-35/h7-8,11-12,15,19-20,31H,2-6,9-10,13-14H2,1H3,(H,30,36)(H,32,34)(H,33,37). The predicted octanol–water partition coefficient (Wildman–Crippen LogP) is 4.67. The number of nitrogens with zero attached hydrogens (tertiary/aromatic N) is 2. The quantitative estimate of drug-likeness (QED) is 0.387. The number of amides is 3. The number of likely N-dealkylation sites (tertiary alicyclic amines) is 1. The molecule has 2 fully saturated rings. The fraction of sp³-hybridized carbons (Fsp3) is 0.444. The number of anilines is 1. The Hall–Kier alpha value is -3.69. The number of carbonyl (C=O) groups excluding carboxylic acids is 2. The second-order valence-electron chi connectivity index (χ2n) is 9.97. The molecule has 1 saturated heterocycles. The fourth-order valence-electron chi connectivity index (χ4n) is 5.36. The third-order valence-electron chi connectivity index (χ3n) is 7.21. The average Bonchev–Trinajstić information content (AvgIpc) is 3.54. The normalized spacial score (nSPS) is 19.7. The van der Waals surface area contributed by atoms with Crippen molar-refractivity contribution in [2.45, 2.75) is 64.1 Å². The van der Waals surface area contributed by atoms with Gasteiger partial charge in [-0.1, -0.05) is 6.07 Å². The van der Waals surface area contributed by atoms with Gasteiger partial charge < -0.3 is 25.8 Å². The monoisotopic (exact) mass is 510 g/mol. The number of rotatable bonds is 6. The topological polar surface area (TPSA) is 102 Å². The van der Waals surface area contributed by atoms with Gasteiger partial charge in [0.25, 0.3) is 0 Å². The van der Waals surface area contributed by atoms with Crippen molar-refractivity contribution in [3.05, 3.63) is 47.7 Å². The van der Waals surface area contributed by atoms with Crippen LogP contribution in [-0.4, -0.2) is 52.0 Å². The summed E-state index contributed by atoms with van der Waals surface area (Å²) in [6, 6.07) is 6.07. The number of aromatic amines is 1. The van der Waals surface area contributed by atoms with Crippen molar-refractivity contribution in [3.8, 4) is 11.3 Å². The van der Waals surface area contributed by atoms with E-state index in [1.165, 1.54) is 13.0 Å². The van der Waals surface area contributed by atoms with Gasteiger partial charge in [-0.2, -0.15) is 0 Å². The molecule has 8 nitrogen and oxygen atoms in total. The van der Waals surface area contributed by atoms with Gasteiger partial charge in [0.05, 0.1) is 11.2 Å². The van der Waals surface area contributed by atoms with Crippen molar-refractivity contribution in [1.82, 2.24) is 25.5 Å². The van der Waals surface area contributed by atoms with Crippen molar-refractivity contribution in [2.75, 3.05) is 18.4 Å². The summed E-state index contributed by atoms with van der Waals surface area (Å²) in [4.78, 5) is 33.7. The van der Waals surface area contributed by atoms with Crippen molar-refractivity contribution in [1.29, 1.82) is 0 Å². The van der Waals surface area contributed by atoms with Gasteiger partial charge in [-0.05, 0) is 56.2 Å². The maximum Gasteiger partial charge on any atom is 0.317 e. The molecule has 0 bridgehead atoms. The largest absolute Gasteiger partial charge is 0.367 e. The molecule has 2 atom stereocenters. The van der Waals surface area contributed by atoms with E-state index < -0.39 is 11.6 Å².